The molecule has 0 saturated heterocycles. The fourth-order valence-corrected chi connectivity index (χ4v) is 3.83. The van der Waals surface area contributed by atoms with Crippen LogP contribution in [0.15, 0.2) is 42.0 Å². The summed E-state index contributed by atoms with van der Waals surface area (Å²) in [5.74, 6) is 0. The van der Waals surface area contributed by atoms with Crippen LogP contribution in [-0.2, 0) is 12.8 Å². The van der Waals surface area contributed by atoms with Crippen molar-refractivity contribution in [1.82, 2.24) is 0 Å². The predicted octanol–water partition coefficient (Wildman–Crippen LogP) is 4.47. The topological polar surface area (TPSA) is 0 Å². The van der Waals surface area contributed by atoms with E-state index in [0.29, 0.717) is 4.59 Å². The fraction of sp³-hybridized carbons (Fsp3) is 0.263. The summed E-state index contributed by atoms with van der Waals surface area (Å²) < 4.78 is 0.582. The van der Waals surface area contributed by atoms with E-state index in [9.17, 15) is 0 Å². The average Bonchev–Trinajstić information content (AvgIpc) is 3.04. The van der Waals surface area contributed by atoms with E-state index in [1.54, 1.807) is 16.7 Å². The average molecular weight is 252 g/mol. The van der Waals surface area contributed by atoms with Crippen LogP contribution in [0, 0.1) is 0 Å². The van der Waals surface area contributed by atoms with Crippen LogP contribution in [-0.4, -0.2) is 17.7 Å². The van der Waals surface area contributed by atoms with E-state index in [2.05, 4.69) is 67.1 Å². The summed E-state index contributed by atoms with van der Waals surface area (Å²) in [6.07, 6.45) is 6.23. The molecule has 94 valence electrons. The maximum atomic E-state index is 2.49. The standard InChI is InChI=1S/C19H17.Li/c1-13-10-16-12-15-8-5-9-17(15)19(18(16)11-13)14-6-3-2-4-7-14;/h2-4,6-7,10-12H,5,8-9H2,1H3;. The molecule has 0 bridgehead atoms. The monoisotopic (exact) mass is 252 g/mol. The van der Waals surface area contributed by atoms with Crippen molar-refractivity contribution in [3.63, 3.8) is 0 Å². The third kappa shape index (κ3) is 1.76. The predicted molar refractivity (Wildman–Crippen MR) is 86.0 cm³/mol. The van der Waals surface area contributed by atoms with Gasteiger partial charge in [0, 0.05) is 0 Å². The van der Waals surface area contributed by atoms with Crippen molar-refractivity contribution in [3.8, 4) is 11.1 Å². The fourth-order valence-electron chi connectivity index (χ4n) is 3.83. The van der Waals surface area contributed by atoms with Gasteiger partial charge in [-0.3, -0.25) is 0 Å². The number of aryl methyl sites for hydroxylation is 1. The van der Waals surface area contributed by atoms with Gasteiger partial charge in [0.1, 0.15) is 0 Å². The molecule has 0 amide bonds. The molecular weight excluding hydrogens is 235 g/mol. The summed E-state index contributed by atoms with van der Waals surface area (Å²) >= 11 is 2.34. The SMILES string of the molecule is [Li][CH]1C(C)=Cc2c1cc1c(c2-c2ccccc2)CCC1. The van der Waals surface area contributed by atoms with Gasteiger partial charge in [-0.2, -0.15) is 0 Å². The minimum absolute atomic E-state index is 0.582. The van der Waals surface area contributed by atoms with Gasteiger partial charge in [0.25, 0.3) is 0 Å². The van der Waals surface area contributed by atoms with Crippen LogP contribution in [0.2, 0.25) is 0 Å². The summed E-state index contributed by atoms with van der Waals surface area (Å²) in [5, 5.41) is 0. The van der Waals surface area contributed by atoms with Crippen LogP contribution in [0.5, 0.6) is 0 Å². The van der Waals surface area contributed by atoms with E-state index in [1.165, 1.54) is 41.5 Å². The summed E-state index contributed by atoms with van der Waals surface area (Å²) in [5.41, 5.74) is 10.6. The summed E-state index contributed by atoms with van der Waals surface area (Å²) in [7, 11) is 0. The van der Waals surface area contributed by atoms with Crippen molar-refractivity contribution in [3.05, 3.63) is 64.2 Å². The van der Waals surface area contributed by atoms with Gasteiger partial charge in [-0.15, -0.1) is 0 Å². The molecule has 0 fully saturated rings. The van der Waals surface area contributed by atoms with Gasteiger partial charge in [0.05, 0.1) is 0 Å². The number of rotatable bonds is 1. The first-order valence-electron chi connectivity index (χ1n) is 7.68. The van der Waals surface area contributed by atoms with Crippen LogP contribution < -0.4 is 0 Å². The van der Waals surface area contributed by atoms with Crippen LogP contribution in [0.3, 0.4) is 0 Å². The molecule has 4 rings (SSSR count). The molecule has 0 aliphatic heterocycles. The zero-order valence-electron chi connectivity index (χ0n) is 12.2. The van der Waals surface area contributed by atoms with Gasteiger partial charge < -0.3 is 0 Å². The first kappa shape index (κ1) is 12.5. The third-order valence-electron chi connectivity index (χ3n) is 5.06. The number of fused-ring (bicyclic) bond motifs is 2. The van der Waals surface area contributed by atoms with Crippen molar-refractivity contribution in [2.75, 3.05) is 0 Å². The molecule has 0 heterocycles. The van der Waals surface area contributed by atoms with E-state index in [4.69, 9.17) is 0 Å². The molecule has 20 heavy (non-hydrogen) atoms. The zero-order valence-corrected chi connectivity index (χ0v) is 12.2. The Balaban J connectivity index is 2.05. The van der Waals surface area contributed by atoms with Gasteiger partial charge >= 0.3 is 130 Å². The third-order valence-corrected chi connectivity index (χ3v) is 5.06. The Bertz CT molecular complexity index is 710. The van der Waals surface area contributed by atoms with Gasteiger partial charge in [-0.1, -0.05) is 0 Å². The molecule has 0 spiro atoms. The van der Waals surface area contributed by atoms with E-state index in [1.807, 2.05) is 0 Å². The molecule has 0 aromatic heterocycles. The Hall–Kier alpha value is -1.22. The molecule has 1 heteroatoms. The summed E-state index contributed by atoms with van der Waals surface area (Å²) in [4.78, 5) is 0. The molecule has 2 aromatic rings. The second-order valence-corrected chi connectivity index (χ2v) is 6.22. The first-order chi connectivity index (χ1) is 9.75. The van der Waals surface area contributed by atoms with Gasteiger partial charge in [-0.25, -0.2) is 0 Å². The Morgan fingerprint density at radius 1 is 1.10 bits per heavy atom. The Labute approximate surface area is 130 Å². The number of hydrogen-bond acceptors (Lipinski definition) is 0. The van der Waals surface area contributed by atoms with Crippen molar-refractivity contribution in [1.29, 1.82) is 0 Å². The van der Waals surface area contributed by atoms with E-state index < -0.39 is 0 Å². The zero-order chi connectivity index (χ0) is 13.7. The van der Waals surface area contributed by atoms with Gasteiger partial charge in [0.2, 0.25) is 0 Å². The van der Waals surface area contributed by atoms with Crippen LogP contribution in [0.25, 0.3) is 17.2 Å². The molecule has 0 radical (unpaired) electrons. The minimum atomic E-state index is 0.582. The van der Waals surface area contributed by atoms with Crippen molar-refractivity contribution in [2.45, 2.75) is 30.8 Å². The number of allylic oxidation sites excluding steroid dienone is 1. The van der Waals surface area contributed by atoms with E-state index in [0.717, 1.165) is 0 Å². The molecule has 0 nitrogen and oxygen atoms in total. The molecule has 1 atom stereocenters. The molecule has 1 unspecified atom stereocenters. The van der Waals surface area contributed by atoms with Crippen LogP contribution >= 0.6 is 0 Å². The molecule has 2 aliphatic rings. The Kier molecular flexibility index (Phi) is 2.91. The maximum absolute atomic E-state index is 2.49. The quantitative estimate of drug-likeness (QED) is 0.657. The first-order valence-corrected chi connectivity index (χ1v) is 7.68. The molecule has 2 aromatic carbocycles. The van der Waals surface area contributed by atoms with Crippen LogP contribution in [0.1, 0.15) is 40.2 Å². The molecule has 2 aliphatic carbocycles. The second-order valence-electron chi connectivity index (χ2n) is 6.22. The van der Waals surface area contributed by atoms with Crippen molar-refractivity contribution >= 4 is 23.8 Å². The molecular formula is C19H17Li. The Morgan fingerprint density at radius 3 is 2.70 bits per heavy atom. The molecule has 0 N–H and O–H groups in total. The summed E-state index contributed by atoms with van der Waals surface area (Å²) in [6.45, 7) is 2.27. The second kappa shape index (κ2) is 4.66. The van der Waals surface area contributed by atoms with Gasteiger partial charge in [0.15, 0.2) is 0 Å². The van der Waals surface area contributed by atoms with Crippen molar-refractivity contribution in [2.24, 2.45) is 0 Å². The van der Waals surface area contributed by atoms with E-state index in [-0.39, 0.29) is 0 Å². The van der Waals surface area contributed by atoms with Crippen LogP contribution in [0.4, 0.5) is 0 Å². The molecule has 0 saturated carbocycles. The normalized spacial score (nSPS) is 19.8. The number of hydrogen-bond donors (Lipinski definition) is 0. The number of benzene rings is 2. The van der Waals surface area contributed by atoms with Crippen molar-refractivity contribution < 1.29 is 0 Å². The van der Waals surface area contributed by atoms with E-state index >= 15 is 0 Å². The van der Waals surface area contributed by atoms with Gasteiger partial charge in [-0.05, 0) is 0 Å². The Morgan fingerprint density at radius 2 is 1.90 bits per heavy atom. The summed E-state index contributed by atoms with van der Waals surface area (Å²) in [6, 6.07) is 13.4.